The maximum absolute atomic E-state index is 12.9. The molecule has 1 aliphatic rings. The van der Waals surface area contributed by atoms with Crippen molar-refractivity contribution in [1.29, 1.82) is 0 Å². The number of benzene rings is 1. The maximum atomic E-state index is 12.9. The summed E-state index contributed by atoms with van der Waals surface area (Å²) in [6.07, 6.45) is 2.97. The molecule has 0 unspecified atom stereocenters. The van der Waals surface area contributed by atoms with E-state index in [-0.39, 0.29) is 0 Å². The second kappa shape index (κ2) is 7.17. The molecule has 2 heterocycles. The highest BCUT2D eigenvalue weighted by Crippen LogP contribution is 2.26. The Morgan fingerprint density at radius 3 is 2.52 bits per heavy atom. The van der Waals surface area contributed by atoms with Crippen LogP contribution < -0.4 is 5.32 Å². The number of hydrogen-bond acceptors (Lipinski definition) is 5. The number of aromatic nitrogens is 1. The van der Waals surface area contributed by atoms with E-state index in [9.17, 15) is 8.42 Å². The monoisotopic (exact) mass is 363 g/mol. The molecule has 0 amide bonds. The Kier molecular flexibility index (Phi) is 5.15. The molecule has 0 atom stereocenters. The first kappa shape index (κ1) is 17.9. The van der Waals surface area contributed by atoms with E-state index < -0.39 is 10.0 Å². The van der Waals surface area contributed by atoms with Gasteiger partial charge in [0.1, 0.15) is 5.76 Å². The summed E-state index contributed by atoms with van der Waals surface area (Å²) in [6.45, 7) is 7.51. The topological polar surface area (TPSA) is 75.4 Å². The van der Waals surface area contributed by atoms with E-state index in [1.165, 1.54) is 0 Å². The highest BCUT2D eigenvalue weighted by Gasteiger charge is 2.26. The predicted octanol–water partition coefficient (Wildman–Crippen LogP) is 3.39. The Hall–Kier alpha value is -1.86. The maximum Gasteiger partial charge on any atom is 0.243 e. The Morgan fingerprint density at radius 2 is 1.88 bits per heavy atom. The number of hydrogen-bond donors (Lipinski definition) is 1. The first-order valence-corrected chi connectivity index (χ1v) is 10.1. The van der Waals surface area contributed by atoms with E-state index >= 15 is 0 Å². The summed E-state index contributed by atoms with van der Waals surface area (Å²) < 4.78 is 32.5. The fourth-order valence-corrected chi connectivity index (χ4v) is 4.69. The molecule has 0 radical (unpaired) electrons. The first-order chi connectivity index (χ1) is 11.9. The van der Waals surface area contributed by atoms with Crippen molar-refractivity contribution in [2.75, 3.05) is 18.4 Å². The number of nitrogens with zero attached hydrogens (tertiary/aromatic N) is 2. The molecular weight excluding hydrogens is 338 g/mol. The smallest absolute Gasteiger partial charge is 0.243 e. The van der Waals surface area contributed by atoms with E-state index in [0.29, 0.717) is 24.5 Å². The van der Waals surface area contributed by atoms with Crippen molar-refractivity contribution in [2.24, 2.45) is 0 Å². The van der Waals surface area contributed by atoms with Gasteiger partial charge < -0.3 is 9.84 Å². The van der Waals surface area contributed by atoms with Crippen LogP contribution in [0.1, 0.15) is 41.8 Å². The van der Waals surface area contributed by atoms with Gasteiger partial charge in [-0.1, -0.05) is 17.6 Å². The number of sulfonamides is 1. The van der Waals surface area contributed by atoms with Crippen molar-refractivity contribution in [3.8, 4) is 0 Å². The van der Waals surface area contributed by atoms with Crippen LogP contribution >= 0.6 is 0 Å². The van der Waals surface area contributed by atoms with Crippen molar-refractivity contribution >= 4 is 15.7 Å². The zero-order valence-electron chi connectivity index (χ0n) is 15.0. The highest BCUT2D eigenvalue weighted by molar-refractivity contribution is 7.89. The molecule has 2 aromatic rings. The summed E-state index contributed by atoms with van der Waals surface area (Å²) in [4.78, 5) is 0.348. The summed E-state index contributed by atoms with van der Waals surface area (Å²) in [5, 5.41) is 7.28. The highest BCUT2D eigenvalue weighted by atomic mass is 32.2. The molecular formula is C18H25N3O3S. The third-order valence-corrected chi connectivity index (χ3v) is 6.69. The predicted molar refractivity (Wildman–Crippen MR) is 97.1 cm³/mol. The molecule has 136 valence electrons. The van der Waals surface area contributed by atoms with Crippen LogP contribution in [0.3, 0.4) is 0 Å². The molecule has 1 aromatic carbocycles. The minimum Gasteiger partial charge on any atom is -0.381 e. The molecule has 0 bridgehead atoms. The standard InChI is InChI=1S/C18H25N3O3S/c1-13-7-8-16(25(22,23)21-9-5-4-6-10-21)11-18(13)19-12-17-14(2)20-24-15(17)3/h7-8,11,19H,4-6,9-10,12H2,1-3H3. The van der Waals surface area contributed by atoms with Gasteiger partial charge in [0.2, 0.25) is 10.0 Å². The minimum absolute atomic E-state index is 0.348. The molecule has 0 spiro atoms. The summed E-state index contributed by atoms with van der Waals surface area (Å²) in [7, 11) is -3.43. The number of nitrogens with one attached hydrogen (secondary N) is 1. The lowest BCUT2D eigenvalue weighted by Gasteiger charge is -2.26. The quantitative estimate of drug-likeness (QED) is 0.881. The van der Waals surface area contributed by atoms with Crippen LogP contribution in [0.5, 0.6) is 0 Å². The average molecular weight is 363 g/mol. The van der Waals surface area contributed by atoms with E-state index in [1.54, 1.807) is 16.4 Å². The van der Waals surface area contributed by atoms with Crippen LogP contribution in [0.25, 0.3) is 0 Å². The van der Waals surface area contributed by atoms with Crippen LogP contribution in [-0.4, -0.2) is 31.0 Å². The Labute approximate surface area is 149 Å². The molecule has 1 aliphatic heterocycles. The van der Waals surface area contributed by atoms with Crippen LogP contribution in [-0.2, 0) is 16.6 Å². The zero-order chi connectivity index (χ0) is 18.0. The van der Waals surface area contributed by atoms with Crippen LogP contribution in [0.4, 0.5) is 5.69 Å². The fraction of sp³-hybridized carbons (Fsp3) is 0.500. The largest absolute Gasteiger partial charge is 0.381 e. The van der Waals surface area contributed by atoms with Gasteiger partial charge in [-0.2, -0.15) is 4.31 Å². The Morgan fingerprint density at radius 1 is 1.16 bits per heavy atom. The Balaban J connectivity index is 1.83. The van der Waals surface area contributed by atoms with Gasteiger partial charge in [-0.05, 0) is 51.3 Å². The summed E-state index contributed by atoms with van der Waals surface area (Å²) in [5.41, 5.74) is 3.67. The SMILES string of the molecule is Cc1ccc(S(=O)(=O)N2CCCCC2)cc1NCc1c(C)noc1C. The van der Waals surface area contributed by atoms with Crippen molar-refractivity contribution in [2.45, 2.75) is 51.5 Å². The second-order valence-corrected chi connectivity index (χ2v) is 8.54. The van der Waals surface area contributed by atoms with Crippen molar-refractivity contribution < 1.29 is 12.9 Å². The molecule has 1 aromatic heterocycles. The van der Waals surface area contributed by atoms with Gasteiger partial charge in [0.05, 0.1) is 10.6 Å². The lowest BCUT2D eigenvalue weighted by molar-refractivity contribution is 0.346. The van der Waals surface area contributed by atoms with Crippen molar-refractivity contribution in [3.05, 3.63) is 40.8 Å². The van der Waals surface area contributed by atoms with Crippen molar-refractivity contribution in [1.82, 2.24) is 9.46 Å². The van der Waals surface area contributed by atoms with Gasteiger partial charge in [0.25, 0.3) is 0 Å². The average Bonchev–Trinajstić information content (AvgIpc) is 2.93. The number of piperidine rings is 1. The number of anilines is 1. The third kappa shape index (κ3) is 3.72. The van der Waals surface area contributed by atoms with Crippen LogP contribution in [0, 0.1) is 20.8 Å². The Bertz CT molecular complexity index is 833. The van der Waals surface area contributed by atoms with E-state index in [4.69, 9.17) is 4.52 Å². The lowest BCUT2D eigenvalue weighted by Crippen LogP contribution is -2.35. The molecule has 0 aliphatic carbocycles. The van der Waals surface area contributed by atoms with E-state index in [2.05, 4.69) is 10.5 Å². The molecule has 6 nitrogen and oxygen atoms in total. The van der Waals surface area contributed by atoms with Gasteiger partial charge in [0.15, 0.2) is 0 Å². The van der Waals surface area contributed by atoms with Gasteiger partial charge in [-0.3, -0.25) is 0 Å². The molecule has 7 heteroatoms. The molecule has 25 heavy (non-hydrogen) atoms. The van der Waals surface area contributed by atoms with Crippen LogP contribution in [0.2, 0.25) is 0 Å². The van der Waals surface area contributed by atoms with Gasteiger partial charge in [0, 0.05) is 30.9 Å². The summed E-state index contributed by atoms with van der Waals surface area (Å²) in [5.74, 6) is 0.778. The number of rotatable bonds is 5. The summed E-state index contributed by atoms with van der Waals surface area (Å²) in [6, 6.07) is 5.28. The molecule has 3 rings (SSSR count). The molecule has 1 N–H and O–H groups in total. The van der Waals surface area contributed by atoms with Gasteiger partial charge in [-0.15, -0.1) is 0 Å². The van der Waals surface area contributed by atoms with Gasteiger partial charge in [-0.25, -0.2) is 8.42 Å². The molecule has 1 saturated heterocycles. The fourth-order valence-electron chi connectivity index (χ4n) is 3.14. The lowest BCUT2D eigenvalue weighted by atomic mass is 10.1. The summed E-state index contributed by atoms with van der Waals surface area (Å²) >= 11 is 0. The normalized spacial score (nSPS) is 16.1. The van der Waals surface area contributed by atoms with E-state index in [1.807, 2.05) is 26.8 Å². The zero-order valence-corrected chi connectivity index (χ0v) is 15.8. The molecule has 1 fully saturated rings. The minimum atomic E-state index is -3.43. The van der Waals surface area contributed by atoms with Gasteiger partial charge >= 0.3 is 0 Å². The first-order valence-electron chi connectivity index (χ1n) is 8.66. The van der Waals surface area contributed by atoms with Crippen molar-refractivity contribution in [3.63, 3.8) is 0 Å². The van der Waals surface area contributed by atoms with E-state index in [0.717, 1.165) is 47.5 Å². The molecule has 0 saturated carbocycles. The third-order valence-electron chi connectivity index (χ3n) is 4.80. The van der Waals surface area contributed by atoms with Crippen LogP contribution in [0.15, 0.2) is 27.6 Å². The second-order valence-electron chi connectivity index (χ2n) is 6.60. The number of aryl methyl sites for hydroxylation is 3.